The standard InChI is InChI=1S/C12H18N2O3/c1-14(2)8-7-13-11(12(16)17)9-3-5-10(15)6-4-9/h3-6,11,13,15H,7-8H2,1-2H3,(H,16,17). The number of carboxylic acid groups (broad SMARTS) is 1. The Bertz CT molecular complexity index is 363. The maximum atomic E-state index is 11.1. The largest absolute Gasteiger partial charge is 0.508 e. The van der Waals surface area contributed by atoms with Crippen LogP contribution in [0.3, 0.4) is 0 Å². The minimum Gasteiger partial charge on any atom is -0.508 e. The Balaban J connectivity index is 2.66. The van der Waals surface area contributed by atoms with Gasteiger partial charge in [-0.05, 0) is 31.8 Å². The van der Waals surface area contributed by atoms with E-state index in [1.54, 1.807) is 12.1 Å². The number of phenols is 1. The number of nitrogens with one attached hydrogen (secondary N) is 1. The second-order valence-electron chi connectivity index (χ2n) is 4.12. The Morgan fingerprint density at radius 2 is 1.94 bits per heavy atom. The van der Waals surface area contributed by atoms with Gasteiger partial charge in [0.2, 0.25) is 0 Å². The van der Waals surface area contributed by atoms with E-state index in [1.165, 1.54) is 12.1 Å². The molecule has 0 saturated heterocycles. The van der Waals surface area contributed by atoms with Gasteiger partial charge < -0.3 is 15.1 Å². The Morgan fingerprint density at radius 3 is 2.41 bits per heavy atom. The monoisotopic (exact) mass is 238 g/mol. The highest BCUT2D eigenvalue weighted by atomic mass is 16.4. The second-order valence-corrected chi connectivity index (χ2v) is 4.12. The molecule has 0 aliphatic rings. The molecule has 0 radical (unpaired) electrons. The smallest absolute Gasteiger partial charge is 0.325 e. The van der Waals surface area contributed by atoms with Crippen LogP contribution in [-0.4, -0.2) is 48.3 Å². The highest BCUT2D eigenvalue weighted by Gasteiger charge is 2.18. The molecule has 0 bridgehead atoms. The number of benzene rings is 1. The number of carboxylic acids is 1. The Labute approximate surface area is 101 Å². The Morgan fingerprint density at radius 1 is 1.35 bits per heavy atom. The second kappa shape index (κ2) is 6.22. The van der Waals surface area contributed by atoms with Crippen LogP contribution in [0.25, 0.3) is 0 Å². The molecule has 0 aliphatic carbocycles. The van der Waals surface area contributed by atoms with Crippen LogP contribution in [0.1, 0.15) is 11.6 Å². The number of hydrogen-bond acceptors (Lipinski definition) is 4. The van der Waals surface area contributed by atoms with Gasteiger partial charge in [-0.25, -0.2) is 0 Å². The Hall–Kier alpha value is -1.59. The van der Waals surface area contributed by atoms with Crippen molar-refractivity contribution in [2.75, 3.05) is 27.2 Å². The van der Waals surface area contributed by atoms with Crippen molar-refractivity contribution in [3.8, 4) is 5.75 Å². The Kier molecular flexibility index (Phi) is 4.93. The number of nitrogens with zero attached hydrogens (tertiary/aromatic N) is 1. The molecule has 1 aromatic rings. The van der Waals surface area contributed by atoms with Crippen LogP contribution in [0.4, 0.5) is 0 Å². The van der Waals surface area contributed by atoms with Gasteiger partial charge in [0.15, 0.2) is 0 Å². The molecule has 17 heavy (non-hydrogen) atoms. The van der Waals surface area contributed by atoms with Crippen molar-refractivity contribution in [1.29, 1.82) is 0 Å². The lowest BCUT2D eigenvalue weighted by molar-refractivity contribution is -0.139. The van der Waals surface area contributed by atoms with Crippen LogP contribution in [0.2, 0.25) is 0 Å². The molecular weight excluding hydrogens is 220 g/mol. The quantitative estimate of drug-likeness (QED) is 0.679. The third-order valence-electron chi connectivity index (χ3n) is 2.38. The SMILES string of the molecule is CN(C)CCNC(C(=O)O)c1ccc(O)cc1. The molecule has 0 saturated carbocycles. The molecule has 0 aromatic heterocycles. The first-order valence-corrected chi connectivity index (χ1v) is 5.40. The van der Waals surface area contributed by atoms with Gasteiger partial charge in [0.25, 0.3) is 0 Å². The summed E-state index contributed by atoms with van der Waals surface area (Å²) in [5.74, 6) is -0.791. The summed E-state index contributed by atoms with van der Waals surface area (Å²) >= 11 is 0. The number of phenolic OH excluding ortho intramolecular Hbond substituents is 1. The molecule has 0 spiro atoms. The lowest BCUT2D eigenvalue weighted by Crippen LogP contribution is -2.33. The van der Waals surface area contributed by atoms with Gasteiger partial charge in [0, 0.05) is 13.1 Å². The molecule has 0 heterocycles. The number of likely N-dealkylation sites (N-methyl/N-ethyl adjacent to an activating group) is 1. The fourth-order valence-electron chi connectivity index (χ4n) is 1.45. The van der Waals surface area contributed by atoms with Crippen LogP contribution in [0.5, 0.6) is 5.75 Å². The van der Waals surface area contributed by atoms with Gasteiger partial charge >= 0.3 is 5.97 Å². The molecule has 0 amide bonds. The molecule has 1 atom stereocenters. The predicted molar refractivity (Wildman–Crippen MR) is 65.0 cm³/mol. The van der Waals surface area contributed by atoms with Crippen molar-refractivity contribution in [1.82, 2.24) is 10.2 Å². The minimum atomic E-state index is -0.922. The maximum absolute atomic E-state index is 11.1. The summed E-state index contributed by atoms with van der Waals surface area (Å²) in [5.41, 5.74) is 0.633. The summed E-state index contributed by atoms with van der Waals surface area (Å²) < 4.78 is 0. The molecule has 1 aromatic carbocycles. The zero-order valence-corrected chi connectivity index (χ0v) is 10.1. The zero-order chi connectivity index (χ0) is 12.8. The molecule has 5 nitrogen and oxygen atoms in total. The number of aliphatic carboxylic acids is 1. The summed E-state index contributed by atoms with van der Waals surface area (Å²) in [4.78, 5) is 13.1. The van der Waals surface area contributed by atoms with Gasteiger partial charge in [0.1, 0.15) is 11.8 Å². The normalized spacial score (nSPS) is 12.6. The van der Waals surface area contributed by atoms with Gasteiger partial charge in [-0.3, -0.25) is 10.1 Å². The highest BCUT2D eigenvalue weighted by molar-refractivity contribution is 5.75. The van der Waals surface area contributed by atoms with Crippen LogP contribution < -0.4 is 5.32 Å². The van der Waals surface area contributed by atoms with E-state index in [4.69, 9.17) is 10.2 Å². The van der Waals surface area contributed by atoms with Crippen molar-refractivity contribution < 1.29 is 15.0 Å². The third-order valence-corrected chi connectivity index (χ3v) is 2.38. The first-order valence-electron chi connectivity index (χ1n) is 5.40. The lowest BCUT2D eigenvalue weighted by Gasteiger charge is -2.16. The molecule has 94 valence electrons. The average molecular weight is 238 g/mol. The van der Waals surface area contributed by atoms with E-state index in [1.807, 2.05) is 19.0 Å². The van der Waals surface area contributed by atoms with E-state index in [2.05, 4.69) is 5.32 Å². The molecule has 5 heteroatoms. The van der Waals surface area contributed by atoms with Crippen molar-refractivity contribution in [3.63, 3.8) is 0 Å². The van der Waals surface area contributed by atoms with Crippen LogP contribution in [-0.2, 0) is 4.79 Å². The summed E-state index contributed by atoms with van der Waals surface area (Å²) in [6, 6.07) is 5.45. The van der Waals surface area contributed by atoms with E-state index in [9.17, 15) is 4.79 Å². The van der Waals surface area contributed by atoms with Gasteiger partial charge in [-0.15, -0.1) is 0 Å². The number of hydrogen-bond donors (Lipinski definition) is 3. The summed E-state index contributed by atoms with van der Waals surface area (Å²) in [6.45, 7) is 1.35. The molecule has 1 rings (SSSR count). The van der Waals surface area contributed by atoms with E-state index in [0.717, 1.165) is 6.54 Å². The van der Waals surface area contributed by atoms with Crippen LogP contribution >= 0.6 is 0 Å². The van der Waals surface area contributed by atoms with Crippen LogP contribution in [0.15, 0.2) is 24.3 Å². The van der Waals surface area contributed by atoms with Gasteiger partial charge in [-0.1, -0.05) is 12.1 Å². The average Bonchev–Trinajstić information content (AvgIpc) is 2.25. The van der Waals surface area contributed by atoms with Crippen molar-refractivity contribution in [3.05, 3.63) is 29.8 Å². The highest BCUT2D eigenvalue weighted by Crippen LogP contribution is 2.16. The topological polar surface area (TPSA) is 72.8 Å². The predicted octanol–water partition coefficient (Wildman–Crippen LogP) is 0.669. The zero-order valence-electron chi connectivity index (χ0n) is 10.1. The minimum absolute atomic E-state index is 0.131. The molecular formula is C12H18N2O3. The maximum Gasteiger partial charge on any atom is 0.325 e. The summed E-state index contributed by atoms with van der Waals surface area (Å²) in [7, 11) is 3.86. The third kappa shape index (κ3) is 4.42. The lowest BCUT2D eigenvalue weighted by atomic mass is 10.1. The van der Waals surface area contributed by atoms with E-state index in [0.29, 0.717) is 12.1 Å². The van der Waals surface area contributed by atoms with Crippen molar-refractivity contribution in [2.24, 2.45) is 0 Å². The summed E-state index contributed by atoms with van der Waals surface area (Å²) in [5, 5.41) is 21.2. The van der Waals surface area contributed by atoms with E-state index < -0.39 is 12.0 Å². The fourth-order valence-corrected chi connectivity index (χ4v) is 1.45. The van der Waals surface area contributed by atoms with E-state index in [-0.39, 0.29) is 5.75 Å². The van der Waals surface area contributed by atoms with Crippen molar-refractivity contribution in [2.45, 2.75) is 6.04 Å². The first-order chi connectivity index (χ1) is 8.00. The summed E-state index contributed by atoms with van der Waals surface area (Å²) in [6.07, 6.45) is 0. The number of rotatable bonds is 6. The van der Waals surface area contributed by atoms with Gasteiger partial charge in [0.05, 0.1) is 0 Å². The van der Waals surface area contributed by atoms with Crippen molar-refractivity contribution >= 4 is 5.97 Å². The molecule has 0 fully saturated rings. The van der Waals surface area contributed by atoms with E-state index >= 15 is 0 Å². The van der Waals surface area contributed by atoms with Gasteiger partial charge in [-0.2, -0.15) is 0 Å². The fraction of sp³-hybridized carbons (Fsp3) is 0.417. The molecule has 3 N–H and O–H groups in total. The molecule has 0 aliphatic heterocycles. The van der Waals surface area contributed by atoms with Crippen LogP contribution in [0, 0.1) is 0 Å². The number of carbonyl (C=O) groups is 1. The number of aromatic hydroxyl groups is 1. The first kappa shape index (κ1) is 13.5. The molecule has 1 unspecified atom stereocenters.